The van der Waals surface area contributed by atoms with Crippen LogP contribution in [0, 0.1) is 10.1 Å². The van der Waals surface area contributed by atoms with Crippen molar-refractivity contribution in [3.8, 4) is 5.75 Å². The molecule has 1 aromatic carbocycles. The van der Waals surface area contributed by atoms with Gasteiger partial charge in [0.1, 0.15) is 0 Å². The lowest BCUT2D eigenvalue weighted by Gasteiger charge is -2.13. The molecule has 0 aromatic heterocycles. The van der Waals surface area contributed by atoms with Crippen molar-refractivity contribution in [3.05, 3.63) is 28.3 Å². The number of nitro groups is 1. The number of ether oxygens (including phenoxy) is 2. The number of aliphatic hydroxyl groups excluding tert-OH is 1. The molecule has 0 saturated carbocycles. The first-order valence-electron chi connectivity index (χ1n) is 5.90. The van der Waals surface area contributed by atoms with Crippen LogP contribution in [0.4, 0.5) is 11.4 Å². The van der Waals surface area contributed by atoms with Crippen molar-refractivity contribution >= 4 is 11.4 Å². The fourth-order valence-electron chi connectivity index (χ4n) is 1.53. The van der Waals surface area contributed by atoms with Crippen molar-refractivity contribution in [1.29, 1.82) is 0 Å². The van der Waals surface area contributed by atoms with Crippen LogP contribution in [0.2, 0.25) is 0 Å². The van der Waals surface area contributed by atoms with Gasteiger partial charge in [-0.1, -0.05) is 0 Å². The quantitative estimate of drug-likeness (QED) is 0.548. The molecule has 1 atom stereocenters. The number of aliphatic hydroxyl groups is 1. The van der Waals surface area contributed by atoms with Gasteiger partial charge in [-0.05, 0) is 13.0 Å². The number of hydrogen-bond acceptors (Lipinski definition) is 6. The molecule has 1 unspecified atom stereocenters. The third-order valence-corrected chi connectivity index (χ3v) is 2.36. The van der Waals surface area contributed by atoms with Crippen LogP contribution in [-0.4, -0.2) is 43.0 Å². The maximum atomic E-state index is 10.8. The van der Waals surface area contributed by atoms with Gasteiger partial charge in [-0.2, -0.15) is 0 Å². The van der Waals surface area contributed by atoms with Crippen LogP contribution in [0.25, 0.3) is 0 Å². The number of nitro benzene ring substituents is 1. The molecule has 0 spiro atoms. The lowest BCUT2D eigenvalue weighted by molar-refractivity contribution is -0.385. The van der Waals surface area contributed by atoms with Crippen molar-refractivity contribution in [2.24, 2.45) is 0 Å². The molecule has 0 fully saturated rings. The van der Waals surface area contributed by atoms with E-state index >= 15 is 0 Å². The standard InChI is InChI=1S/C12H18N2O5/c1-3-19-12-6-9(4-5-11(12)14(16)17)13-7-10(15)8-18-2/h4-6,10,13,15H,3,7-8H2,1-2H3. The molecule has 7 nitrogen and oxygen atoms in total. The smallest absolute Gasteiger partial charge is 0.311 e. The Balaban J connectivity index is 2.75. The summed E-state index contributed by atoms with van der Waals surface area (Å²) >= 11 is 0. The molecule has 0 bridgehead atoms. The summed E-state index contributed by atoms with van der Waals surface area (Å²) in [6, 6.07) is 4.48. The van der Waals surface area contributed by atoms with Crippen molar-refractivity contribution in [2.75, 3.05) is 32.2 Å². The fraction of sp³-hybridized carbons (Fsp3) is 0.500. The lowest BCUT2D eigenvalue weighted by Crippen LogP contribution is -2.24. The molecule has 2 N–H and O–H groups in total. The second-order valence-electron chi connectivity index (χ2n) is 3.86. The number of hydrogen-bond donors (Lipinski definition) is 2. The highest BCUT2D eigenvalue weighted by molar-refractivity contribution is 5.58. The molecular weight excluding hydrogens is 252 g/mol. The van der Waals surface area contributed by atoms with E-state index in [0.717, 1.165) is 0 Å². The molecule has 106 valence electrons. The van der Waals surface area contributed by atoms with Crippen LogP contribution in [0.3, 0.4) is 0 Å². The predicted octanol–water partition coefficient (Wildman–Crippen LogP) is 1.41. The van der Waals surface area contributed by atoms with Gasteiger partial charge >= 0.3 is 5.69 Å². The average molecular weight is 270 g/mol. The van der Waals surface area contributed by atoms with Gasteiger partial charge in [-0.15, -0.1) is 0 Å². The third-order valence-electron chi connectivity index (χ3n) is 2.36. The molecule has 0 heterocycles. The summed E-state index contributed by atoms with van der Waals surface area (Å²) in [7, 11) is 1.50. The van der Waals surface area contributed by atoms with Gasteiger partial charge in [0.05, 0.1) is 24.2 Å². The molecule has 0 aliphatic heterocycles. The zero-order chi connectivity index (χ0) is 14.3. The number of benzene rings is 1. The summed E-state index contributed by atoms with van der Waals surface area (Å²) in [6.45, 7) is 2.61. The minimum Gasteiger partial charge on any atom is -0.487 e. The van der Waals surface area contributed by atoms with Gasteiger partial charge in [0.25, 0.3) is 0 Å². The van der Waals surface area contributed by atoms with E-state index in [1.54, 1.807) is 19.1 Å². The lowest BCUT2D eigenvalue weighted by atomic mass is 10.2. The molecular formula is C12H18N2O5. The molecule has 1 rings (SSSR count). The summed E-state index contributed by atoms with van der Waals surface area (Å²) in [4.78, 5) is 10.3. The summed E-state index contributed by atoms with van der Waals surface area (Å²) in [5.41, 5.74) is 0.564. The Labute approximate surface area is 111 Å². The molecule has 0 radical (unpaired) electrons. The van der Waals surface area contributed by atoms with Gasteiger partial charge in [-0.25, -0.2) is 0 Å². The van der Waals surface area contributed by atoms with Crippen LogP contribution in [-0.2, 0) is 4.74 Å². The van der Waals surface area contributed by atoms with Gasteiger partial charge < -0.3 is 19.9 Å². The Morgan fingerprint density at radius 2 is 2.26 bits per heavy atom. The zero-order valence-corrected chi connectivity index (χ0v) is 11.0. The minimum absolute atomic E-state index is 0.0789. The van der Waals surface area contributed by atoms with Crippen LogP contribution in [0.5, 0.6) is 5.75 Å². The third kappa shape index (κ3) is 4.72. The molecule has 0 aliphatic carbocycles. The Morgan fingerprint density at radius 3 is 2.84 bits per heavy atom. The van der Waals surface area contributed by atoms with E-state index < -0.39 is 11.0 Å². The monoisotopic (exact) mass is 270 g/mol. The van der Waals surface area contributed by atoms with Crippen LogP contribution in [0.1, 0.15) is 6.92 Å². The number of nitrogens with one attached hydrogen (secondary N) is 1. The molecule has 7 heteroatoms. The molecule has 1 aromatic rings. The molecule has 0 amide bonds. The SMILES string of the molecule is CCOc1cc(NCC(O)COC)ccc1[N+](=O)[O-]. The fourth-order valence-corrected chi connectivity index (χ4v) is 1.53. The minimum atomic E-state index is -0.643. The van der Waals surface area contributed by atoms with E-state index in [2.05, 4.69) is 5.32 Å². The largest absolute Gasteiger partial charge is 0.487 e. The maximum absolute atomic E-state index is 10.8. The molecule has 19 heavy (non-hydrogen) atoms. The summed E-state index contributed by atoms with van der Waals surface area (Å²) in [5.74, 6) is 0.207. The average Bonchev–Trinajstić information content (AvgIpc) is 2.37. The van der Waals surface area contributed by atoms with Crippen molar-refractivity contribution < 1.29 is 19.5 Å². The Morgan fingerprint density at radius 1 is 1.53 bits per heavy atom. The maximum Gasteiger partial charge on any atom is 0.311 e. The first-order chi connectivity index (χ1) is 9.08. The highest BCUT2D eigenvalue weighted by atomic mass is 16.6. The summed E-state index contributed by atoms with van der Waals surface area (Å²) < 4.78 is 10.0. The van der Waals surface area contributed by atoms with Crippen LogP contribution < -0.4 is 10.1 Å². The first-order valence-corrected chi connectivity index (χ1v) is 5.90. The van der Waals surface area contributed by atoms with Gasteiger partial charge in [0.2, 0.25) is 0 Å². The van der Waals surface area contributed by atoms with E-state index in [9.17, 15) is 15.2 Å². The van der Waals surface area contributed by atoms with E-state index in [0.29, 0.717) is 12.3 Å². The van der Waals surface area contributed by atoms with Gasteiger partial charge in [0.15, 0.2) is 5.75 Å². The van der Waals surface area contributed by atoms with E-state index in [-0.39, 0.29) is 24.6 Å². The Kier molecular flexibility index (Phi) is 6.04. The molecule has 0 aliphatic rings. The Hall–Kier alpha value is -1.86. The van der Waals surface area contributed by atoms with E-state index in [4.69, 9.17) is 9.47 Å². The second kappa shape index (κ2) is 7.55. The van der Waals surface area contributed by atoms with E-state index in [1.165, 1.54) is 13.2 Å². The van der Waals surface area contributed by atoms with Gasteiger partial charge in [0, 0.05) is 31.5 Å². The highest BCUT2D eigenvalue weighted by Gasteiger charge is 2.15. The van der Waals surface area contributed by atoms with Crippen LogP contribution in [0.15, 0.2) is 18.2 Å². The van der Waals surface area contributed by atoms with Gasteiger partial charge in [-0.3, -0.25) is 10.1 Å². The first kappa shape index (κ1) is 15.2. The summed E-state index contributed by atoms with van der Waals surface area (Å²) in [6.07, 6.45) is -0.643. The number of methoxy groups -OCH3 is 1. The number of rotatable bonds is 8. The highest BCUT2D eigenvalue weighted by Crippen LogP contribution is 2.29. The summed E-state index contributed by atoms with van der Waals surface area (Å²) in [5, 5.41) is 23.3. The van der Waals surface area contributed by atoms with Crippen molar-refractivity contribution in [3.63, 3.8) is 0 Å². The van der Waals surface area contributed by atoms with Crippen molar-refractivity contribution in [1.82, 2.24) is 0 Å². The number of anilines is 1. The zero-order valence-electron chi connectivity index (χ0n) is 11.0. The second-order valence-corrected chi connectivity index (χ2v) is 3.86. The van der Waals surface area contributed by atoms with Crippen LogP contribution >= 0.6 is 0 Å². The van der Waals surface area contributed by atoms with E-state index in [1.807, 2.05) is 0 Å². The normalized spacial score (nSPS) is 11.9. The Bertz CT molecular complexity index is 425. The number of nitrogens with zero attached hydrogens (tertiary/aromatic N) is 1. The molecule has 0 saturated heterocycles. The van der Waals surface area contributed by atoms with Crippen molar-refractivity contribution in [2.45, 2.75) is 13.0 Å². The topological polar surface area (TPSA) is 93.9 Å². The predicted molar refractivity (Wildman–Crippen MR) is 70.6 cm³/mol.